The lowest BCUT2D eigenvalue weighted by Gasteiger charge is -2.07. The van der Waals surface area contributed by atoms with Crippen molar-refractivity contribution >= 4 is 56.5 Å². The molecule has 0 bridgehead atoms. The molecule has 2 N–H and O–H groups in total. The van der Waals surface area contributed by atoms with Crippen LogP contribution in [0.5, 0.6) is 5.75 Å². The standard InChI is InChI=1S/C25H23N3O3S2/c1-16-8-9-18(12-17(16)2)27-24(30)15-32-25-28-21-11-10-19(13-22(21)33-25)26-23(29)14-31-20-6-4-3-5-7-20/h3-13H,14-15H2,1-2H3,(H,26,29)(H,27,30). The summed E-state index contributed by atoms with van der Waals surface area (Å²) in [7, 11) is 0. The van der Waals surface area contributed by atoms with Crippen LogP contribution in [0.2, 0.25) is 0 Å². The van der Waals surface area contributed by atoms with Crippen molar-refractivity contribution in [1.29, 1.82) is 0 Å². The number of aryl methyl sites for hydroxylation is 2. The van der Waals surface area contributed by atoms with Gasteiger partial charge in [0.1, 0.15) is 5.75 Å². The number of fused-ring (bicyclic) bond motifs is 1. The van der Waals surface area contributed by atoms with Crippen molar-refractivity contribution in [1.82, 2.24) is 4.98 Å². The highest BCUT2D eigenvalue weighted by atomic mass is 32.2. The fourth-order valence-electron chi connectivity index (χ4n) is 3.05. The van der Waals surface area contributed by atoms with E-state index < -0.39 is 0 Å². The highest BCUT2D eigenvalue weighted by Gasteiger charge is 2.10. The number of carbonyl (C=O) groups is 2. The van der Waals surface area contributed by atoms with Crippen molar-refractivity contribution in [2.75, 3.05) is 23.0 Å². The van der Waals surface area contributed by atoms with Crippen molar-refractivity contribution in [2.24, 2.45) is 0 Å². The van der Waals surface area contributed by atoms with Crippen LogP contribution in [0.15, 0.2) is 71.1 Å². The van der Waals surface area contributed by atoms with E-state index in [9.17, 15) is 9.59 Å². The zero-order valence-electron chi connectivity index (χ0n) is 18.3. The summed E-state index contributed by atoms with van der Waals surface area (Å²) in [6.45, 7) is 3.99. The van der Waals surface area contributed by atoms with Gasteiger partial charge in [-0.05, 0) is 67.4 Å². The number of aromatic nitrogens is 1. The van der Waals surface area contributed by atoms with Crippen molar-refractivity contribution in [3.05, 3.63) is 77.9 Å². The Morgan fingerprint density at radius 1 is 0.909 bits per heavy atom. The van der Waals surface area contributed by atoms with Crippen LogP contribution in [0.25, 0.3) is 10.2 Å². The van der Waals surface area contributed by atoms with Gasteiger partial charge in [-0.2, -0.15) is 0 Å². The summed E-state index contributed by atoms with van der Waals surface area (Å²) in [4.78, 5) is 29.1. The number of anilines is 2. The fourth-order valence-corrected chi connectivity index (χ4v) is 4.96. The van der Waals surface area contributed by atoms with E-state index in [1.165, 1.54) is 28.7 Å². The normalized spacial score (nSPS) is 10.7. The zero-order chi connectivity index (χ0) is 23.2. The van der Waals surface area contributed by atoms with Gasteiger partial charge in [-0.3, -0.25) is 9.59 Å². The molecule has 1 aromatic heterocycles. The Morgan fingerprint density at radius 2 is 1.64 bits per heavy atom. The monoisotopic (exact) mass is 477 g/mol. The molecular weight excluding hydrogens is 454 g/mol. The summed E-state index contributed by atoms with van der Waals surface area (Å²) >= 11 is 2.89. The van der Waals surface area contributed by atoms with E-state index in [0.29, 0.717) is 11.4 Å². The molecule has 1 heterocycles. The summed E-state index contributed by atoms with van der Waals surface area (Å²) in [5.41, 5.74) is 4.63. The second-order valence-electron chi connectivity index (χ2n) is 7.45. The molecule has 4 rings (SSSR count). The molecule has 168 valence electrons. The first-order valence-electron chi connectivity index (χ1n) is 10.3. The molecule has 0 atom stereocenters. The minimum atomic E-state index is -0.236. The van der Waals surface area contributed by atoms with Gasteiger partial charge in [-0.25, -0.2) is 4.98 Å². The lowest BCUT2D eigenvalue weighted by atomic mass is 10.1. The molecule has 33 heavy (non-hydrogen) atoms. The van der Waals surface area contributed by atoms with Crippen LogP contribution in [0.3, 0.4) is 0 Å². The Morgan fingerprint density at radius 3 is 2.42 bits per heavy atom. The summed E-state index contributed by atoms with van der Waals surface area (Å²) in [5, 5.41) is 5.77. The van der Waals surface area contributed by atoms with Crippen molar-refractivity contribution in [3.63, 3.8) is 0 Å². The molecule has 0 aliphatic carbocycles. The number of thiazole rings is 1. The highest BCUT2D eigenvalue weighted by molar-refractivity contribution is 8.01. The number of hydrogen-bond acceptors (Lipinski definition) is 6. The molecule has 0 aliphatic heterocycles. The molecule has 0 spiro atoms. The molecule has 0 saturated carbocycles. The molecular formula is C25H23N3O3S2. The first-order valence-corrected chi connectivity index (χ1v) is 12.1. The minimum absolute atomic E-state index is 0.0680. The van der Waals surface area contributed by atoms with Crippen molar-refractivity contribution in [3.8, 4) is 5.75 Å². The van der Waals surface area contributed by atoms with Crippen LogP contribution in [-0.4, -0.2) is 29.2 Å². The third kappa shape index (κ3) is 6.34. The number of rotatable bonds is 8. The Hall–Kier alpha value is -3.36. The number of carbonyl (C=O) groups excluding carboxylic acids is 2. The predicted octanol–water partition coefficient (Wildman–Crippen LogP) is 5.66. The molecule has 0 aliphatic rings. The molecule has 0 fully saturated rings. The van der Waals surface area contributed by atoms with Crippen LogP contribution in [0.4, 0.5) is 11.4 Å². The Labute approximate surface area is 200 Å². The topological polar surface area (TPSA) is 80.3 Å². The second-order valence-corrected chi connectivity index (χ2v) is 9.70. The third-order valence-corrected chi connectivity index (χ3v) is 7.04. The van der Waals surface area contributed by atoms with Crippen molar-refractivity contribution < 1.29 is 14.3 Å². The summed E-state index contributed by atoms with van der Waals surface area (Å²) in [6, 6.07) is 20.6. The maximum Gasteiger partial charge on any atom is 0.262 e. The number of nitrogens with one attached hydrogen (secondary N) is 2. The van der Waals surface area contributed by atoms with E-state index in [2.05, 4.69) is 15.6 Å². The van der Waals surface area contributed by atoms with E-state index >= 15 is 0 Å². The average molecular weight is 478 g/mol. The van der Waals surface area contributed by atoms with Crippen LogP contribution in [0, 0.1) is 13.8 Å². The van der Waals surface area contributed by atoms with Gasteiger partial charge in [-0.15, -0.1) is 11.3 Å². The van der Waals surface area contributed by atoms with Gasteiger partial charge in [-0.1, -0.05) is 36.0 Å². The van der Waals surface area contributed by atoms with E-state index in [4.69, 9.17) is 4.74 Å². The quantitative estimate of drug-likeness (QED) is 0.320. The summed E-state index contributed by atoms with van der Waals surface area (Å²) < 4.78 is 7.22. The van der Waals surface area contributed by atoms with E-state index in [-0.39, 0.29) is 24.2 Å². The summed E-state index contributed by atoms with van der Waals surface area (Å²) in [6.07, 6.45) is 0. The first-order chi connectivity index (χ1) is 16.0. The van der Waals surface area contributed by atoms with Gasteiger partial charge in [0.05, 0.1) is 16.0 Å². The number of ether oxygens (including phenoxy) is 1. The average Bonchev–Trinajstić information content (AvgIpc) is 3.22. The number of benzene rings is 3. The molecule has 6 nitrogen and oxygen atoms in total. The maximum absolute atomic E-state index is 12.3. The van der Waals surface area contributed by atoms with E-state index in [1.54, 1.807) is 12.1 Å². The van der Waals surface area contributed by atoms with Crippen LogP contribution < -0.4 is 15.4 Å². The fraction of sp³-hybridized carbons (Fsp3) is 0.160. The highest BCUT2D eigenvalue weighted by Crippen LogP contribution is 2.31. The molecule has 0 unspecified atom stereocenters. The molecule has 0 saturated heterocycles. The van der Waals surface area contributed by atoms with Gasteiger partial charge in [0, 0.05) is 11.4 Å². The smallest absolute Gasteiger partial charge is 0.262 e. The second kappa shape index (κ2) is 10.5. The molecule has 4 aromatic rings. The lowest BCUT2D eigenvalue weighted by Crippen LogP contribution is -2.20. The van der Waals surface area contributed by atoms with Gasteiger partial charge in [0.15, 0.2) is 10.9 Å². The molecule has 2 amide bonds. The SMILES string of the molecule is Cc1ccc(NC(=O)CSc2nc3ccc(NC(=O)COc4ccccc4)cc3s2)cc1C. The Balaban J connectivity index is 1.31. The Kier molecular flexibility index (Phi) is 7.26. The van der Waals surface area contributed by atoms with Gasteiger partial charge < -0.3 is 15.4 Å². The van der Waals surface area contributed by atoms with Crippen molar-refractivity contribution in [2.45, 2.75) is 18.2 Å². The summed E-state index contributed by atoms with van der Waals surface area (Å²) in [5.74, 6) is 0.607. The predicted molar refractivity (Wildman–Crippen MR) is 135 cm³/mol. The third-order valence-electron chi connectivity index (χ3n) is 4.88. The van der Waals surface area contributed by atoms with Crippen LogP contribution in [0.1, 0.15) is 11.1 Å². The largest absolute Gasteiger partial charge is 0.484 e. The number of thioether (sulfide) groups is 1. The van der Waals surface area contributed by atoms with Gasteiger partial charge in [0.25, 0.3) is 5.91 Å². The zero-order valence-corrected chi connectivity index (χ0v) is 19.9. The first kappa shape index (κ1) is 22.8. The Bertz CT molecular complexity index is 1290. The number of amides is 2. The van der Waals surface area contributed by atoms with Gasteiger partial charge in [0.2, 0.25) is 5.91 Å². The van der Waals surface area contributed by atoms with Crippen LogP contribution >= 0.6 is 23.1 Å². The number of para-hydroxylation sites is 1. The van der Waals surface area contributed by atoms with E-state index in [1.807, 2.05) is 68.4 Å². The van der Waals surface area contributed by atoms with Crippen LogP contribution in [-0.2, 0) is 9.59 Å². The maximum atomic E-state index is 12.3. The molecule has 3 aromatic carbocycles. The molecule has 8 heteroatoms. The van der Waals surface area contributed by atoms with E-state index in [0.717, 1.165) is 25.8 Å². The molecule has 0 radical (unpaired) electrons. The lowest BCUT2D eigenvalue weighted by molar-refractivity contribution is -0.118. The number of hydrogen-bond donors (Lipinski definition) is 2. The van der Waals surface area contributed by atoms with Gasteiger partial charge >= 0.3 is 0 Å². The minimum Gasteiger partial charge on any atom is -0.484 e. The number of nitrogens with zero attached hydrogens (tertiary/aromatic N) is 1.